The number of nitrogens with one attached hydrogen (secondary N) is 1. The molecule has 3 rings (SSSR count). The van der Waals surface area contributed by atoms with Gasteiger partial charge in [-0.25, -0.2) is 4.68 Å². The Kier molecular flexibility index (Phi) is 4.30. The van der Waals surface area contributed by atoms with Gasteiger partial charge >= 0.3 is 0 Å². The standard InChI is InChI=1S/C18H20N4/c1-14-18(13-20-12-16-7-6-10-19-11-16)15(2)22(21-14)17-8-4-3-5-9-17/h3-11,20H,12-13H2,1-2H3. The van der Waals surface area contributed by atoms with Crippen molar-refractivity contribution in [2.45, 2.75) is 26.9 Å². The SMILES string of the molecule is Cc1nn(-c2ccccc2)c(C)c1CNCc1cccnc1. The maximum Gasteiger partial charge on any atom is 0.0648 e. The van der Waals surface area contributed by atoms with Gasteiger partial charge in [-0.15, -0.1) is 0 Å². The number of benzene rings is 1. The Labute approximate surface area is 130 Å². The predicted molar refractivity (Wildman–Crippen MR) is 87.8 cm³/mol. The van der Waals surface area contributed by atoms with Crippen LogP contribution in [0.3, 0.4) is 0 Å². The summed E-state index contributed by atoms with van der Waals surface area (Å²) in [7, 11) is 0. The van der Waals surface area contributed by atoms with Crippen LogP contribution in [-0.2, 0) is 13.1 Å². The van der Waals surface area contributed by atoms with Crippen molar-refractivity contribution in [2.75, 3.05) is 0 Å². The summed E-state index contributed by atoms with van der Waals surface area (Å²) >= 11 is 0. The molecule has 0 aliphatic rings. The maximum atomic E-state index is 4.67. The zero-order chi connectivity index (χ0) is 15.4. The van der Waals surface area contributed by atoms with Crippen LogP contribution in [0.25, 0.3) is 5.69 Å². The molecule has 0 aliphatic carbocycles. The molecule has 0 saturated carbocycles. The van der Waals surface area contributed by atoms with Crippen LogP contribution in [0.5, 0.6) is 0 Å². The van der Waals surface area contributed by atoms with Crippen molar-refractivity contribution in [1.82, 2.24) is 20.1 Å². The van der Waals surface area contributed by atoms with Crippen LogP contribution in [0.15, 0.2) is 54.9 Å². The van der Waals surface area contributed by atoms with E-state index in [9.17, 15) is 0 Å². The monoisotopic (exact) mass is 292 g/mol. The summed E-state index contributed by atoms with van der Waals surface area (Å²) in [5.41, 5.74) is 5.80. The van der Waals surface area contributed by atoms with Gasteiger partial charge in [0.15, 0.2) is 0 Å². The molecule has 0 aliphatic heterocycles. The van der Waals surface area contributed by atoms with E-state index in [1.807, 2.05) is 35.1 Å². The van der Waals surface area contributed by atoms with Gasteiger partial charge in [-0.05, 0) is 37.6 Å². The van der Waals surface area contributed by atoms with E-state index in [-0.39, 0.29) is 0 Å². The Hall–Kier alpha value is -2.46. The van der Waals surface area contributed by atoms with Crippen molar-refractivity contribution in [1.29, 1.82) is 0 Å². The minimum Gasteiger partial charge on any atom is -0.308 e. The van der Waals surface area contributed by atoms with Gasteiger partial charge in [0.25, 0.3) is 0 Å². The van der Waals surface area contributed by atoms with E-state index in [0.717, 1.165) is 24.5 Å². The van der Waals surface area contributed by atoms with Gasteiger partial charge in [-0.2, -0.15) is 5.10 Å². The number of aryl methyl sites for hydroxylation is 1. The Morgan fingerprint density at radius 1 is 1.00 bits per heavy atom. The lowest BCUT2D eigenvalue weighted by molar-refractivity contribution is 0.685. The van der Waals surface area contributed by atoms with E-state index in [2.05, 4.69) is 47.4 Å². The fourth-order valence-corrected chi connectivity index (χ4v) is 2.59. The molecule has 0 unspecified atom stereocenters. The zero-order valence-electron chi connectivity index (χ0n) is 13.0. The highest BCUT2D eigenvalue weighted by molar-refractivity contribution is 5.36. The third-order valence-corrected chi connectivity index (χ3v) is 3.80. The number of rotatable bonds is 5. The van der Waals surface area contributed by atoms with Crippen LogP contribution in [0.4, 0.5) is 0 Å². The van der Waals surface area contributed by atoms with Crippen molar-refractivity contribution in [3.8, 4) is 5.69 Å². The Morgan fingerprint density at radius 2 is 1.82 bits per heavy atom. The quantitative estimate of drug-likeness (QED) is 0.785. The molecule has 1 aromatic carbocycles. The number of hydrogen-bond donors (Lipinski definition) is 1. The van der Waals surface area contributed by atoms with E-state index >= 15 is 0 Å². The van der Waals surface area contributed by atoms with Crippen molar-refractivity contribution in [3.05, 3.63) is 77.4 Å². The fraction of sp³-hybridized carbons (Fsp3) is 0.222. The molecule has 22 heavy (non-hydrogen) atoms. The van der Waals surface area contributed by atoms with E-state index in [0.29, 0.717) is 0 Å². The third kappa shape index (κ3) is 3.07. The van der Waals surface area contributed by atoms with Crippen molar-refractivity contribution < 1.29 is 0 Å². The van der Waals surface area contributed by atoms with Gasteiger partial charge in [0.2, 0.25) is 0 Å². The third-order valence-electron chi connectivity index (χ3n) is 3.80. The summed E-state index contributed by atoms with van der Waals surface area (Å²) in [5.74, 6) is 0. The number of nitrogens with zero attached hydrogens (tertiary/aromatic N) is 3. The molecule has 0 radical (unpaired) electrons. The first-order valence-electron chi connectivity index (χ1n) is 7.46. The molecular weight excluding hydrogens is 272 g/mol. The normalized spacial score (nSPS) is 10.8. The fourth-order valence-electron chi connectivity index (χ4n) is 2.59. The molecule has 1 N–H and O–H groups in total. The van der Waals surface area contributed by atoms with E-state index in [1.165, 1.54) is 16.8 Å². The average molecular weight is 292 g/mol. The van der Waals surface area contributed by atoms with Crippen LogP contribution in [-0.4, -0.2) is 14.8 Å². The molecule has 112 valence electrons. The van der Waals surface area contributed by atoms with Crippen molar-refractivity contribution >= 4 is 0 Å². The number of para-hydroxylation sites is 1. The van der Waals surface area contributed by atoms with Gasteiger partial charge in [-0.1, -0.05) is 24.3 Å². The van der Waals surface area contributed by atoms with Gasteiger partial charge in [0, 0.05) is 36.7 Å². The molecule has 0 saturated heterocycles. The Morgan fingerprint density at radius 3 is 2.55 bits per heavy atom. The first kappa shape index (κ1) is 14.5. The minimum absolute atomic E-state index is 0.805. The van der Waals surface area contributed by atoms with Crippen molar-refractivity contribution in [2.24, 2.45) is 0 Å². The van der Waals surface area contributed by atoms with Crippen molar-refractivity contribution in [3.63, 3.8) is 0 Å². The Balaban J connectivity index is 1.73. The lowest BCUT2D eigenvalue weighted by Gasteiger charge is -2.07. The van der Waals surface area contributed by atoms with Gasteiger partial charge in [0.05, 0.1) is 11.4 Å². The second kappa shape index (κ2) is 6.54. The van der Waals surface area contributed by atoms with E-state index in [4.69, 9.17) is 0 Å². The summed E-state index contributed by atoms with van der Waals surface area (Å²) in [6.07, 6.45) is 3.68. The zero-order valence-corrected chi connectivity index (χ0v) is 13.0. The smallest absolute Gasteiger partial charge is 0.0648 e. The number of aromatic nitrogens is 3. The summed E-state index contributed by atoms with van der Waals surface area (Å²) in [5, 5.41) is 8.14. The molecular formula is C18H20N4. The molecule has 0 fully saturated rings. The average Bonchev–Trinajstić information content (AvgIpc) is 2.85. The van der Waals surface area contributed by atoms with Crippen LogP contribution in [0.2, 0.25) is 0 Å². The summed E-state index contributed by atoms with van der Waals surface area (Å²) in [6.45, 7) is 5.80. The summed E-state index contributed by atoms with van der Waals surface area (Å²) in [4.78, 5) is 4.13. The lowest BCUT2D eigenvalue weighted by atomic mass is 10.2. The van der Waals surface area contributed by atoms with Gasteiger partial charge in [-0.3, -0.25) is 4.98 Å². The molecule has 4 heteroatoms. The molecule has 0 bridgehead atoms. The topological polar surface area (TPSA) is 42.7 Å². The number of pyridine rings is 1. The van der Waals surface area contributed by atoms with Gasteiger partial charge in [0.1, 0.15) is 0 Å². The van der Waals surface area contributed by atoms with E-state index in [1.54, 1.807) is 6.20 Å². The molecule has 2 aromatic heterocycles. The number of hydrogen-bond acceptors (Lipinski definition) is 3. The largest absolute Gasteiger partial charge is 0.308 e. The van der Waals surface area contributed by atoms with Crippen LogP contribution in [0, 0.1) is 13.8 Å². The molecule has 4 nitrogen and oxygen atoms in total. The van der Waals surface area contributed by atoms with Crippen LogP contribution in [0.1, 0.15) is 22.5 Å². The minimum atomic E-state index is 0.805. The van der Waals surface area contributed by atoms with Crippen LogP contribution < -0.4 is 5.32 Å². The summed E-state index contributed by atoms with van der Waals surface area (Å²) < 4.78 is 2.01. The first-order valence-corrected chi connectivity index (χ1v) is 7.46. The molecule has 0 amide bonds. The second-order valence-corrected chi connectivity index (χ2v) is 5.36. The lowest BCUT2D eigenvalue weighted by Crippen LogP contribution is -2.14. The van der Waals surface area contributed by atoms with Crippen LogP contribution >= 0.6 is 0 Å². The molecule has 0 spiro atoms. The highest BCUT2D eigenvalue weighted by atomic mass is 15.3. The van der Waals surface area contributed by atoms with E-state index < -0.39 is 0 Å². The summed E-state index contributed by atoms with van der Waals surface area (Å²) in [6, 6.07) is 14.3. The Bertz CT molecular complexity index is 733. The maximum absolute atomic E-state index is 4.67. The molecule has 3 aromatic rings. The first-order chi connectivity index (χ1) is 10.8. The van der Waals surface area contributed by atoms with Gasteiger partial charge < -0.3 is 5.32 Å². The second-order valence-electron chi connectivity index (χ2n) is 5.36. The molecule has 2 heterocycles. The predicted octanol–water partition coefficient (Wildman–Crippen LogP) is 3.17. The highest BCUT2D eigenvalue weighted by Gasteiger charge is 2.12. The molecule has 0 atom stereocenters. The highest BCUT2D eigenvalue weighted by Crippen LogP contribution is 2.17.